The molecule has 1 amide bonds. The molecule has 0 aliphatic rings. The maximum absolute atomic E-state index is 12.8. The van der Waals surface area contributed by atoms with E-state index in [4.69, 9.17) is 4.99 Å². The van der Waals surface area contributed by atoms with Gasteiger partial charge >= 0.3 is 5.97 Å². The number of hydrogen-bond donors (Lipinski definition) is 1. The molecule has 0 aliphatic carbocycles. The van der Waals surface area contributed by atoms with Crippen molar-refractivity contribution in [1.82, 2.24) is 4.98 Å². The molecule has 0 spiro atoms. The van der Waals surface area contributed by atoms with Gasteiger partial charge < -0.3 is 15.2 Å². The number of halogens is 1. The van der Waals surface area contributed by atoms with Gasteiger partial charge in [-0.3, -0.25) is 9.98 Å². The van der Waals surface area contributed by atoms with Crippen molar-refractivity contribution in [2.75, 3.05) is 0 Å². The molecule has 1 atom stereocenters. The minimum atomic E-state index is -1.04. The SMILES string of the molecule is O=C([N-]c1ccccc1C(=NC(Cc1ccccc1CBr)C(=O)O)c1ccccc1)c1ccccn1.[Ni]. The predicted octanol–water partition coefficient (Wildman–Crippen LogP) is 6.35. The third kappa shape index (κ3) is 7.22. The van der Waals surface area contributed by atoms with Gasteiger partial charge in [0.2, 0.25) is 0 Å². The number of carbonyl (C=O) groups is 2. The molecule has 1 N–H and O–H groups in total. The number of carboxylic acid groups (broad SMARTS) is 1. The van der Waals surface area contributed by atoms with E-state index in [0.717, 1.165) is 16.7 Å². The van der Waals surface area contributed by atoms with Crippen molar-refractivity contribution in [3.63, 3.8) is 0 Å². The molecule has 6 nitrogen and oxygen atoms in total. The van der Waals surface area contributed by atoms with Crippen molar-refractivity contribution in [3.8, 4) is 0 Å². The van der Waals surface area contributed by atoms with Crippen LogP contribution in [0.5, 0.6) is 0 Å². The number of rotatable bonds is 9. The summed E-state index contributed by atoms with van der Waals surface area (Å²) >= 11 is 3.48. The van der Waals surface area contributed by atoms with Crippen LogP contribution in [0, 0.1) is 0 Å². The predicted molar refractivity (Wildman–Crippen MR) is 144 cm³/mol. The molecule has 3 aromatic carbocycles. The van der Waals surface area contributed by atoms with Crippen LogP contribution in [0.2, 0.25) is 0 Å². The first-order chi connectivity index (χ1) is 17.6. The standard InChI is InChI=1S/C29H24BrN3O3.Ni/c30-19-22-13-5-4-12-21(22)18-26(29(35)36)32-27(20-10-2-1-3-11-20)23-14-6-7-15-24(23)33-28(34)25-16-8-9-17-31-25;/h1-17,26H,18-19H2,(H2,32,33,34,35,36);/p-1. The zero-order chi connectivity index (χ0) is 25.3. The van der Waals surface area contributed by atoms with Crippen LogP contribution in [0.1, 0.15) is 32.7 Å². The summed E-state index contributed by atoms with van der Waals surface area (Å²) in [5.41, 5.74) is 4.27. The van der Waals surface area contributed by atoms with Crippen LogP contribution in [0.25, 0.3) is 5.32 Å². The first-order valence-corrected chi connectivity index (χ1v) is 12.4. The van der Waals surface area contributed by atoms with E-state index in [1.807, 2.05) is 60.7 Å². The Morgan fingerprint density at radius 1 is 0.865 bits per heavy atom. The van der Waals surface area contributed by atoms with E-state index in [2.05, 4.69) is 26.2 Å². The molecule has 0 saturated carbocycles. The van der Waals surface area contributed by atoms with E-state index in [1.54, 1.807) is 36.4 Å². The zero-order valence-electron chi connectivity index (χ0n) is 19.6. The maximum Gasteiger partial charge on any atom is 0.328 e. The van der Waals surface area contributed by atoms with Crippen molar-refractivity contribution in [2.45, 2.75) is 17.8 Å². The minimum Gasteiger partial charge on any atom is -0.621 e. The third-order valence-electron chi connectivity index (χ3n) is 5.56. The number of alkyl halides is 1. The number of amides is 1. The Labute approximate surface area is 233 Å². The molecule has 4 rings (SSSR count). The molecule has 0 bridgehead atoms. The van der Waals surface area contributed by atoms with Gasteiger partial charge in [-0.25, -0.2) is 4.79 Å². The molecule has 0 saturated heterocycles. The van der Waals surface area contributed by atoms with Crippen molar-refractivity contribution < 1.29 is 31.2 Å². The first kappa shape index (κ1) is 28.0. The van der Waals surface area contributed by atoms with Gasteiger partial charge in [-0.2, -0.15) is 0 Å². The van der Waals surface area contributed by atoms with Gasteiger partial charge in [0.05, 0.1) is 11.4 Å². The largest absolute Gasteiger partial charge is 0.621 e. The van der Waals surface area contributed by atoms with Crippen LogP contribution < -0.4 is 0 Å². The summed E-state index contributed by atoms with van der Waals surface area (Å²) in [4.78, 5) is 34.0. The number of aliphatic carboxylic acids is 1. The van der Waals surface area contributed by atoms with E-state index < -0.39 is 17.9 Å². The van der Waals surface area contributed by atoms with Gasteiger partial charge in [-0.1, -0.05) is 101 Å². The van der Waals surface area contributed by atoms with E-state index >= 15 is 0 Å². The Hall–Kier alpha value is -3.61. The monoisotopic (exact) mass is 598 g/mol. The molecule has 4 aromatic rings. The molecule has 0 fully saturated rings. The molecule has 0 radical (unpaired) electrons. The number of carbonyl (C=O) groups excluding carboxylic acids is 1. The normalized spacial score (nSPS) is 11.8. The van der Waals surface area contributed by atoms with Gasteiger partial charge in [0.15, 0.2) is 6.04 Å². The Balaban J connectivity index is 0.00000380. The van der Waals surface area contributed by atoms with Crippen molar-refractivity contribution >= 4 is 39.2 Å². The summed E-state index contributed by atoms with van der Waals surface area (Å²) in [5, 5.41) is 15.0. The molecular formula is C29H23BrN3NiO3-. The fraction of sp³-hybridized carbons (Fsp3) is 0.103. The van der Waals surface area contributed by atoms with Crippen LogP contribution in [0.15, 0.2) is 108 Å². The van der Waals surface area contributed by atoms with E-state index in [0.29, 0.717) is 22.3 Å². The molecule has 8 heteroatoms. The Morgan fingerprint density at radius 2 is 1.51 bits per heavy atom. The van der Waals surface area contributed by atoms with E-state index in [9.17, 15) is 14.7 Å². The second kappa shape index (κ2) is 13.6. The van der Waals surface area contributed by atoms with Crippen LogP contribution in [-0.4, -0.2) is 33.7 Å². The Morgan fingerprint density at radius 3 is 2.19 bits per heavy atom. The fourth-order valence-electron chi connectivity index (χ4n) is 3.76. The van der Waals surface area contributed by atoms with E-state index in [1.165, 1.54) is 6.20 Å². The Kier molecular flexibility index (Phi) is 10.3. The number of aromatic nitrogens is 1. The molecule has 37 heavy (non-hydrogen) atoms. The molecule has 190 valence electrons. The smallest absolute Gasteiger partial charge is 0.328 e. The summed E-state index contributed by atoms with van der Waals surface area (Å²) in [7, 11) is 0. The quantitative estimate of drug-likeness (QED) is 0.138. The summed E-state index contributed by atoms with van der Waals surface area (Å²) in [5.74, 6) is -1.52. The van der Waals surface area contributed by atoms with Crippen molar-refractivity contribution in [2.24, 2.45) is 4.99 Å². The number of aliphatic imine (C=N–C) groups is 1. The number of nitrogens with zero attached hydrogens (tertiary/aromatic N) is 3. The summed E-state index contributed by atoms with van der Waals surface area (Å²) in [6.07, 6.45) is 1.76. The van der Waals surface area contributed by atoms with Crippen LogP contribution in [0.4, 0.5) is 5.69 Å². The third-order valence-corrected chi connectivity index (χ3v) is 6.16. The Bertz CT molecular complexity index is 1380. The van der Waals surface area contributed by atoms with E-state index in [-0.39, 0.29) is 28.6 Å². The van der Waals surface area contributed by atoms with Gasteiger partial charge in [0.1, 0.15) is 5.91 Å². The second-order valence-electron chi connectivity index (χ2n) is 7.95. The molecule has 1 aromatic heterocycles. The van der Waals surface area contributed by atoms with Gasteiger partial charge in [0.25, 0.3) is 0 Å². The molecule has 1 unspecified atom stereocenters. The topological polar surface area (TPSA) is 93.7 Å². The minimum absolute atomic E-state index is 0. The number of hydrogen-bond acceptors (Lipinski definition) is 4. The number of carboxylic acids is 1. The molecule has 0 aliphatic heterocycles. The van der Waals surface area contributed by atoms with Crippen LogP contribution >= 0.6 is 15.9 Å². The number of para-hydroxylation sites is 1. The maximum atomic E-state index is 12.8. The zero-order valence-corrected chi connectivity index (χ0v) is 22.2. The molecular weight excluding hydrogens is 577 g/mol. The van der Waals surface area contributed by atoms with Gasteiger partial charge in [0, 0.05) is 40.0 Å². The summed E-state index contributed by atoms with van der Waals surface area (Å²) < 4.78 is 0. The first-order valence-electron chi connectivity index (χ1n) is 11.3. The average molecular weight is 600 g/mol. The van der Waals surface area contributed by atoms with Crippen LogP contribution in [0.3, 0.4) is 0 Å². The van der Waals surface area contributed by atoms with Crippen molar-refractivity contribution in [1.29, 1.82) is 0 Å². The molecule has 1 heterocycles. The fourth-order valence-corrected chi connectivity index (χ4v) is 4.31. The van der Waals surface area contributed by atoms with Crippen LogP contribution in [-0.2, 0) is 33.0 Å². The summed E-state index contributed by atoms with van der Waals surface area (Å²) in [6, 6.07) is 28.1. The van der Waals surface area contributed by atoms with Gasteiger partial charge in [-0.15, -0.1) is 5.69 Å². The second-order valence-corrected chi connectivity index (χ2v) is 8.51. The summed E-state index contributed by atoms with van der Waals surface area (Å²) in [6.45, 7) is 0. The average Bonchev–Trinajstić information content (AvgIpc) is 2.92. The van der Waals surface area contributed by atoms with Gasteiger partial charge in [-0.05, 0) is 28.8 Å². The number of pyridine rings is 1. The van der Waals surface area contributed by atoms with Crippen molar-refractivity contribution in [3.05, 3.63) is 137 Å². The number of benzene rings is 3.